The van der Waals surface area contributed by atoms with Crippen molar-refractivity contribution in [2.45, 2.75) is 46.1 Å². The monoisotopic (exact) mass is 274 g/mol. The molecule has 1 N–H and O–H groups in total. The molecule has 112 valence electrons. The first-order valence-electron chi connectivity index (χ1n) is 7.97. The Hall–Kier alpha value is -1.02. The number of para-hydroxylation sites is 1. The molecule has 1 aliphatic rings. The molecule has 0 saturated heterocycles. The van der Waals surface area contributed by atoms with Gasteiger partial charge in [-0.3, -0.25) is 0 Å². The lowest BCUT2D eigenvalue weighted by Crippen LogP contribution is -2.34. The average molecular weight is 274 g/mol. The molecule has 1 aromatic rings. The van der Waals surface area contributed by atoms with Crippen molar-refractivity contribution in [3.63, 3.8) is 0 Å². The Morgan fingerprint density at radius 3 is 2.50 bits per heavy atom. The van der Waals surface area contributed by atoms with Crippen LogP contribution in [0.15, 0.2) is 30.3 Å². The number of benzene rings is 1. The van der Waals surface area contributed by atoms with Crippen molar-refractivity contribution >= 4 is 5.69 Å². The number of hydrogen-bond donors (Lipinski definition) is 1. The van der Waals surface area contributed by atoms with E-state index in [1.165, 1.54) is 24.9 Å². The van der Waals surface area contributed by atoms with Crippen molar-refractivity contribution in [2.24, 2.45) is 11.3 Å². The third kappa shape index (κ3) is 4.24. The summed E-state index contributed by atoms with van der Waals surface area (Å²) >= 11 is 0. The van der Waals surface area contributed by atoms with Crippen LogP contribution in [-0.2, 0) is 0 Å². The summed E-state index contributed by atoms with van der Waals surface area (Å²) in [4.78, 5) is 2.34. The largest absolute Gasteiger partial charge is 0.375 e. The van der Waals surface area contributed by atoms with Crippen LogP contribution in [0, 0.1) is 11.3 Å². The molecule has 0 heterocycles. The molecule has 2 atom stereocenters. The van der Waals surface area contributed by atoms with Crippen molar-refractivity contribution in [2.75, 3.05) is 25.0 Å². The molecule has 1 aromatic carbocycles. The summed E-state index contributed by atoms with van der Waals surface area (Å²) in [7, 11) is 2.18. The zero-order valence-corrected chi connectivity index (χ0v) is 13.5. The summed E-state index contributed by atoms with van der Waals surface area (Å²) < 4.78 is 0. The third-order valence-corrected chi connectivity index (χ3v) is 4.61. The summed E-state index contributed by atoms with van der Waals surface area (Å²) in [6.07, 6.45) is 3.88. The van der Waals surface area contributed by atoms with Gasteiger partial charge in [0.15, 0.2) is 0 Å². The van der Waals surface area contributed by atoms with Crippen LogP contribution in [0.1, 0.15) is 40.0 Å². The highest BCUT2D eigenvalue weighted by Gasteiger charge is 2.35. The predicted molar refractivity (Wildman–Crippen MR) is 88.3 cm³/mol. The minimum absolute atomic E-state index is 0.526. The number of nitrogens with zero attached hydrogens (tertiary/aromatic N) is 1. The Morgan fingerprint density at radius 2 is 1.90 bits per heavy atom. The maximum absolute atomic E-state index is 3.77. The minimum Gasteiger partial charge on any atom is -0.375 e. The van der Waals surface area contributed by atoms with E-state index in [0.717, 1.165) is 19.0 Å². The van der Waals surface area contributed by atoms with Gasteiger partial charge in [0.2, 0.25) is 0 Å². The van der Waals surface area contributed by atoms with E-state index in [0.29, 0.717) is 11.5 Å². The zero-order valence-electron chi connectivity index (χ0n) is 13.5. The average Bonchev–Trinajstić information content (AvgIpc) is 2.68. The van der Waals surface area contributed by atoms with Crippen LogP contribution in [0.3, 0.4) is 0 Å². The molecule has 0 amide bonds. The summed E-state index contributed by atoms with van der Waals surface area (Å²) in [5.74, 6) is 0.817. The van der Waals surface area contributed by atoms with Crippen LogP contribution in [-0.4, -0.2) is 26.2 Å². The Balaban J connectivity index is 1.67. The van der Waals surface area contributed by atoms with Gasteiger partial charge in [-0.05, 0) is 49.3 Å². The summed E-state index contributed by atoms with van der Waals surface area (Å²) in [5.41, 5.74) is 1.83. The van der Waals surface area contributed by atoms with E-state index in [1.807, 2.05) is 0 Å². The Morgan fingerprint density at radius 1 is 1.20 bits per heavy atom. The van der Waals surface area contributed by atoms with E-state index in [-0.39, 0.29) is 0 Å². The van der Waals surface area contributed by atoms with E-state index in [9.17, 15) is 0 Å². The Labute approximate surface area is 124 Å². The van der Waals surface area contributed by atoms with Crippen LogP contribution in [0.4, 0.5) is 5.69 Å². The molecule has 2 nitrogen and oxygen atoms in total. The van der Waals surface area contributed by atoms with Gasteiger partial charge in [-0.15, -0.1) is 0 Å². The molecule has 1 aliphatic carbocycles. The number of anilines is 1. The molecule has 0 aromatic heterocycles. The fourth-order valence-electron chi connectivity index (χ4n) is 3.58. The molecule has 2 unspecified atom stereocenters. The van der Waals surface area contributed by atoms with Crippen LogP contribution in [0.2, 0.25) is 0 Å². The van der Waals surface area contributed by atoms with Gasteiger partial charge in [-0.1, -0.05) is 39.0 Å². The van der Waals surface area contributed by atoms with E-state index in [4.69, 9.17) is 0 Å². The first-order chi connectivity index (χ1) is 9.48. The summed E-state index contributed by atoms with van der Waals surface area (Å²) in [6.45, 7) is 9.43. The maximum atomic E-state index is 3.77. The Bertz CT molecular complexity index is 399. The van der Waals surface area contributed by atoms with Crippen molar-refractivity contribution < 1.29 is 0 Å². The predicted octanol–water partition coefficient (Wildman–Crippen LogP) is 3.93. The van der Waals surface area contributed by atoms with Gasteiger partial charge in [0, 0.05) is 25.3 Å². The van der Waals surface area contributed by atoms with E-state index in [2.05, 4.69) is 68.4 Å². The van der Waals surface area contributed by atoms with Crippen LogP contribution >= 0.6 is 0 Å². The second-order valence-corrected chi connectivity index (χ2v) is 7.22. The summed E-state index contributed by atoms with van der Waals surface area (Å²) in [5, 5.41) is 3.77. The second kappa shape index (κ2) is 6.62. The van der Waals surface area contributed by atoms with Crippen molar-refractivity contribution in [3.05, 3.63) is 30.3 Å². The fourth-order valence-corrected chi connectivity index (χ4v) is 3.58. The summed E-state index contributed by atoms with van der Waals surface area (Å²) in [6, 6.07) is 11.3. The topological polar surface area (TPSA) is 15.3 Å². The highest BCUT2D eigenvalue weighted by atomic mass is 15.1. The molecule has 0 aliphatic heterocycles. The highest BCUT2D eigenvalue weighted by molar-refractivity contribution is 5.44. The quantitative estimate of drug-likeness (QED) is 0.791. The van der Waals surface area contributed by atoms with Crippen molar-refractivity contribution in [1.82, 2.24) is 5.32 Å². The van der Waals surface area contributed by atoms with Gasteiger partial charge < -0.3 is 10.2 Å². The van der Waals surface area contributed by atoms with Gasteiger partial charge in [0.25, 0.3) is 0 Å². The lowest BCUT2D eigenvalue weighted by Gasteiger charge is -2.21. The fraction of sp³-hybridized carbons (Fsp3) is 0.667. The smallest absolute Gasteiger partial charge is 0.0363 e. The maximum Gasteiger partial charge on any atom is 0.0363 e. The lowest BCUT2D eigenvalue weighted by molar-refractivity contribution is 0.362. The number of rotatable bonds is 6. The van der Waals surface area contributed by atoms with Crippen molar-refractivity contribution in [3.8, 4) is 0 Å². The SMILES string of the molecule is CC1CC(C)(C)CC1NCCCN(C)c1ccccc1. The van der Waals surface area contributed by atoms with E-state index >= 15 is 0 Å². The molecule has 20 heavy (non-hydrogen) atoms. The normalized spacial score (nSPS) is 24.8. The number of hydrogen-bond acceptors (Lipinski definition) is 2. The van der Waals surface area contributed by atoms with Gasteiger partial charge in [-0.25, -0.2) is 0 Å². The molecule has 0 radical (unpaired) electrons. The van der Waals surface area contributed by atoms with Crippen LogP contribution in [0.5, 0.6) is 0 Å². The molecule has 1 saturated carbocycles. The molecule has 0 bridgehead atoms. The van der Waals surface area contributed by atoms with E-state index < -0.39 is 0 Å². The standard InChI is InChI=1S/C18H30N2/c1-15-13-18(2,3)14-17(15)19-11-8-12-20(4)16-9-6-5-7-10-16/h5-7,9-10,15,17,19H,8,11-14H2,1-4H3. The third-order valence-electron chi connectivity index (χ3n) is 4.61. The van der Waals surface area contributed by atoms with E-state index in [1.54, 1.807) is 0 Å². The molecule has 1 fully saturated rings. The minimum atomic E-state index is 0.526. The first-order valence-corrected chi connectivity index (χ1v) is 7.97. The Kier molecular flexibility index (Phi) is 5.09. The molecule has 0 spiro atoms. The van der Waals surface area contributed by atoms with Gasteiger partial charge in [0.1, 0.15) is 0 Å². The first kappa shape index (κ1) is 15.4. The second-order valence-electron chi connectivity index (χ2n) is 7.22. The van der Waals surface area contributed by atoms with Gasteiger partial charge in [-0.2, -0.15) is 0 Å². The molecular formula is C18H30N2. The highest BCUT2D eigenvalue weighted by Crippen LogP contribution is 2.40. The van der Waals surface area contributed by atoms with Crippen molar-refractivity contribution in [1.29, 1.82) is 0 Å². The molecular weight excluding hydrogens is 244 g/mol. The zero-order chi connectivity index (χ0) is 14.6. The molecule has 2 rings (SSSR count). The number of nitrogens with one attached hydrogen (secondary N) is 1. The van der Waals surface area contributed by atoms with Crippen LogP contribution < -0.4 is 10.2 Å². The van der Waals surface area contributed by atoms with Gasteiger partial charge in [0.05, 0.1) is 0 Å². The van der Waals surface area contributed by atoms with Crippen LogP contribution in [0.25, 0.3) is 0 Å². The lowest BCUT2D eigenvalue weighted by atomic mass is 9.91. The molecule has 2 heteroatoms. The van der Waals surface area contributed by atoms with Gasteiger partial charge >= 0.3 is 0 Å².